The molecule has 0 radical (unpaired) electrons. The Bertz CT molecular complexity index is 953. The minimum absolute atomic E-state index is 0.279. The summed E-state index contributed by atoms with van der Waals surface area (Å²) in [5.41, 5.74) is 0.799. The molecule has 146 valence electrons. The largest absolute Gasteiger partial charge is 0.496 e. The average Bonchev–Trinajstić information content (AvgIpc) is 2.96. The van der Waals surface area contributed by atoms with Gasteiger partial charge in [0.1, 0.15) is 12.3 Å². The molecule has 0 bridgehead atoms. The highest BCUT2D eigenvalue weighted by Gasteiger charge is 2.36. The molecule has 1 heterocycles. The van der Waals surface area contributed by atoms with Crippen LogP contribution in [0.4, 0.5) is 4.79 Å². The fourth-order valence-electron chi connectivity index (χ4n) is 2.88. The van der Waals surface area contributed by atoms with Crippen molar-refractivity contribution in [2.45, 2.75) is 19.8 Å². The van der Waals surface area contributed by atoms with Crippen molar-refractivity contribution < 1.29 is 23.9 Å². The van der Waals surface area contributed by atoms with Crippen molar-refractivity contribution in [3.05, 3.63) is 46.9 Å². The smallest absolute Gasteiger partial charge is 0.326 e. The molecule has 3 rings (SSSR count). The first kappa shape index (κ1) is 19.9. The Balaban J connectivity index is 1.82. The number of thioether (sulfide) groups is 1. The predicted molar refractivity (Wildman–Crippen MR) is 109 cm³/mol. The first-order chi connectivity index (χ1) is 13.5. The number of carbonyl (C=O) groups is 3. The van der Waals surface area contributed by atoms with E-state index in [-0.39, 0.29) is 11.4 Å². The Hall–Kier alpha value is -2.80. The highest BCUT2D eigenvalue weighted by Crippen LogP contribution is 2.35. The number of rotatable bonds is 7. The number of benzene rings is 2. The number of fused-ring (bicyclic) bond motifs is 1. The van der Waals surface area contributed by atoms with Gasteiger partial charge in [-0.05, 0) is 41.3 Å². The topological polar surface area (TPSA) is 72.9 Å². The summed E-state index contributed by atoms with van der Waals surface area (Å²) in [6.07, 6.45) is 3.32. The number of esters is 1. The van der Waals surface area contributed by atoms with Crippen molar-refractivity contribution in [1.29, 1.82) is 0 Å². The standard InChI is InChI=1S/C21H21NO5S/c1-3-4-11-27-19(23)13-22-20(24)18(28-21(22)25)12-14-9-10-17(26-2)16-8-6-5-7-15(14)16/h5-10,12H,3-4,11,13H2,1-2H3/b18-12+. The van der Waals surface area contributed by atoms with Gasteiger partial charge in [-0.15, -0.1) is 0 Å². The zero-order chi connectivity index (χ0) is 20.1. The molecule has 0 spiro atoms. The van der Waals surface area contributed by atoms with Gasteiger partial charge < -0.3 is 9.47 Å². The van der Waals surface area contributed by atoms with Gasteiger partial charge in [-0.3, -0.25) is 19.3 Å². The van der Waals surface area contributed by atoms with Crippen LogP contribution < -0.4 is 4.74 Å². The lowest BCUT2D eigenvalue weighted by Gasteiger charge is -2.11. The zero-order valence-corrected chi connectivity index (χ0v) is 16.6. The predicted octanol–water partition coefficient (Wildman–Crippen LogP) is 4.23. The highest BCUT2D eigenvalue weighted by atomic mass is 32.2. The maximum atomic E-state index is 12.6. The molecule has 1 aliphatic heterocycles. The van der Waals surface area contributed by atoms with Crippen molar-refractivity contribution in [3.63, 3.8) is 0 Å². The third kappa shape index (κ3) is 4.20. The molecule has 0 saturated carbocycles. The number of amides is 2. The monoisotopic (exact) mass is 399 g/mol. The van der Waals surface area contributed by atoms with Gasteiger partial charge in [0.15, 0.2) is 0 Å². The van der Waals surface area contributed by atoms with Gasteiger partial charge in [0.2, 0.25) is 0 Å². The first-order valence-electron chi connectivity index (χ1n) is 9.02. The summed E-state index contributed by atoms with van der Waals surface area (Å²) in [4.78, 5) is 37.9. The Morgan fingerprint density at radius 1 is 1.14 bits per heavy atom. The van der Waals surface area contributed by atoms with E-state index in [4.69, 9.17) is 9.47 Å². The summed E-state index contributed by atoms with van der Waals surface area (Å²) in [5.74, 6) is -0.329. The Labute approximate surface area is 167 Å². The highest BCUT2D eigenvalue weighted by molar-refractivity contribution is 8.18. The quantitative estimate of drug-likeness (QED) is 0.394. The van der Waals surface area contributed by atoms with Crippen LogP contribution in [0.1, 0.15) is 25.3 Å². The van der Waals surface area contributed by atoms with Crippen LogP contribution in [0.5, 0.6) is 5.75 Å². The average molecular weight is 399 g/mol. The van der Waals surface area contributed by atoms with Gasteiger partial charge in [0.05, 0.1) is 18.6 Å². The number of imide groups is 1. The van der Waals surface area contributed by atoms with Crippen LogP contribution in [-0.4, -0.2) is 42.3 Å². The van der Waals surface area contributed by atoms with E-state index >= 15 is 0 Å². The number of hydrogen-bond donors (Lipinski definition) is 0. The van der Waals surface area contributed by atoms with Gasteiger partial charge in [-0.2, -0.15) is 0 Å². The Kier molecular flexibility index (Phi) is 6.36. The molecule has 7 heteroatoms. The fraction of sp³-hybridized carbons (Fsp3) is 0.286. The molecule has 0 aliphatic carbocycles. The first-order valence-corrected chi connectivity index (χ1v) is 9.83. The second kappa shape index (κ2) is 8.93. The van der Waals surface area contributed by atoms with Gasteiger partial charge in [0, 0.05) is 5.39 Å². The van der Waals surface area contributed by atoms with Crippen molar-refractivity contribution in [2.75, 3.05) is 20.3 Å². The van der Waals surface area contributed by atoms with Crippen LogP contribution in [0.25, 0.3) is 16.8 Å². The zero-order valence-electron chi connectivity index (χ0n) is 15.8. The van der Waals surface area contributed by atoms with Crippen LogP contribution in [0, 0.1) is 0 Å². The molecule has 2 amide bonds. The van der Waals surface area contributed by atoms with E-state index in [9.17, 15) is 14.4 Å². The number of nitrogens with zero attached hydrogens (tertiary/aromatic N) is 1. The molecule has 0 unspecified atom stereocenters. The maximum Gasteiger partial charge on any atom is 0.326 e. The minimum atomic E-state index is -0.577. The van der Waals surface area contributed by atoms with Gasteiger partial charge in [-0.1, -0.05) is 43.7 Å². The molecule has 28 heavy (non-hydrogen) atoms. The van der Waals surface area contributed by atoms with E-state index in [2.05, 4.69) is 0 Å². The lowest BCUT2D eigenvalue weighted by Crippen LogP contribution is -2.34. The Morgan fingerprint density at radius 3 is 2.61 bits per heavy atom. The lowest BCUT2D eigenvalue weighted by atomic mass is 10.0. The van der Waals surface area contributed by atoms with Gasteiger partial charge >= 0.3 is 5.97 Å². The number of unbranched alkanes of at least 4 members (excludes halogenated alkanes) is 1. The second-order valence-corrected chi connectivity index (χ2v) is 7.24. The molecule has 1 saturated heterocycles. The van der Waals surface area contributed by atoms with Crippen LogP contribution in [0.2, 0.25) is 0 Å². The number of hydrogen-bond acceptors (Lipinski definition) is 6. The fourth-order valence-corrected chi connectivity index (χ4v) is 3.71. The van der Waals surface area contributed by atoms with Gasteiger partial charge in [0.25, 0.3) is 11.1 Å². The number of carbonyl (C=O) groups excluding carboxylic acids is 3. The molecule has 0 N–H and O–H groups in total. The van der Waals surface area contributed by atoms with Crippen LogP contribution in [0.15, 0.2) is 41.3 Å². The lowest BCUT2D eigenvalue weighted by molar-refractivity contribution is -0.146. The molecule has 2 aromatic rings. The van der Waals surface area contributed by atoms with Crippen LogP contribution in [-0.2, 0) is 14.3 Å². The van der Waals surface area contributed by atoms with Crippen molar-refractivity contribution in [1.82, 2.24) is 4.90 Å². The molecule has 1 fully saturated rings. The molecular weight excluding hydrogens is 378 g/mol. The molecule has 2 aromatic carbocycles. The molecule has 1 aliphatic rings. The molecule has 0 aromatic heterocycles. The summed E-state index contributed by atoms with van der Waals surface area (Å²) < 4.78 is 10.4. The third-order valence-electron chi connectivity index (χ3n) is 4.35. The van der Waals surface area contributed by atoms with E-state index < -0.39 is 17.1 Å². The minimum Gasteiger partial charge on any atom is -0.496 e. The summed E-state index contributed by atoms with van der Waals surface area (Å²) in [6, 6.07) is 11.3. The summed E-state index contributed by atoms with van der Waals surface area (Å²) in [6.45, 7) is 1.91. The SMILES string of the molecule is CCCCOC(=O)CN1C(=O)S/C(=C/c2ccc(OC)c3ccccc23)C1=O. The van der Waals surface area contributed by atoms with Crippen molar-refractivity contribution >= 4 is 45.7 Å². The molecule has 0 atom stereocenters. The second-order valence-electron chi connectivity index (χ2n) is 6.24. The van der Waals surface area contributed by atoms with E-state index in [0.717, 1.165) is 51.6 Å². The summed E-state index contributed by atoms with van der Waals surface area (Å²) in [7, 11) is 1.60. The van der Waals surface area contributed by atoms with Crippen LogP contribution in [0.3, 0.4) is 0 Å². The van der Waals surface area contributed by atoms with E-state index in [1.165, 1.54) is 0 Å². The molecule has 6 nitrogen and oxygen atoms in total. The van der Waals surface area contributed by atoms with Crippen LogP contribution >= 0.6 is 11.8 Å². The van der Waals surface area contributed by atoms with E-state index in [0.29, 0.717) is 6.61 Å². The Morgan fingerprint density at radius 2 is 1.89 bits per heavy atom. The summed E-state index contributed by atoms with van der Waals surface area (Å²) >= 11 is 0.825. The third-order valence-corrected chi connectivity index (χ3v) is 5.25. The maximum absolute atomic E-state index is 12.6. The molecular formula is C21H21NO5S. The van der Waals surface area contributed by atoms with Crippen molar-refractivity contribution in [2.24, 2.45) is 0 Å². The number of methoxy groups -OCH3 is 1. The summed E-state index contributed by atoms with van der Waals surface area (Å²) in [5, 5.41) is 1.35. The number of ether oxygens (including phenoxy) is 2. The van der Waals surface area contributed by atoms with Gasteiger partial charge in [-0.25, -0.2) is 0 Å². The normalized spacial score (nSPS) is 15.5. The van der Waals surface area contributed by atoms with Crippen molar-refractivity contribution in [3.8, 4) is 5.75 Å². The van der Waals surface area contributed by atoms with E-state index in [1.807, 2.05) is 43.3 Å². The van der Waals surface area contributed by atoms with E-state index in [1.54, 1.807) is 13.2 Å².